The smallest absolute Gasteiger partial charge is 0.307 e. The molecular formula is C18H19NO3. The number of methoxy groups -OCH3 is 1. The normalized spacial score (nSPS) is 11.9. The predicted octanol–water partition coefficient (Wildman–Crippen LogP) is 2.73. The van der Waals surface area contributed by atoms with Crippen LogP contribution in [0.15, 0.2) is 55.1 Å². The number of nitrogens with one attached hydrogen (secondary N) is 1. The number of hydrogen-bond donors (Lipinski definition) is 1. The first-order valence-corrected chi connectivity index (χ1v) is 7.10. The molecule has 0 heterocycles. The second-order valence-corrected chi connectivity index (χ2v) is 4.96. The van der Waals surface area contributed by atoms with Gasteiger partial charge in [0.05, 0.1) is 19.6 Å². The summed E-state index contributed by atoms with van der Waals surface area (Å²) in [6.07, 6.45) is 1.65. The van der Waals surface area contributed by atoms with E-state index in [0.717, 1.165) is 10.8 Å². The zero-order chi connectivity index (χ0) is 15.9. The fourth-order valence-electron chi connectivity index (χ4n) is 2.28. The van der Waals surface area contributed by atoms with Crippen molar-refractivity contribution in [2.24, 2.45) is 0 Å². The Kier molecular flexibility index (Phi) is 5.44. The predicted molar refractivity (Wildman–Crippen MR) is 86.9 cm³/mol. The molecule has 2 rings (SSSR count). The van der Waals surface area contributed by atoms with Crippen molar-refractivity contribution in [2.45, 2.75) is 12.5 Å². The van der Waals surface area contributed by atoms with Crippen molar-refractivity contribution in [1.82, 2.24) is 5.32 Å². The number of ether oxygens (including phenoxy) is 1. The fraction of sp³-hybridized carbons (Fsp3) is 0.222. The SMILES string of the molecule is C=CCNC(CC(=O)OC)C(=O)c1ccc2ccccc2c1. The molecule has 4 heteroatoms. The molecule has 0 bridgehead atoms. The Balaban J connectivity index is 2.26. The van der Waals surface area contributed by atoms with Crippen molar-refractivity contribution in [3.63, 3.8) is 0 Å². The number of hydrogen-bond acceptors (Lipinski definition) is 4. The van der Waals surface area contributed by atoms with Gasteiger partial charge in [0.2, 0.25) is 0 Å². The van der Waals surface area contributed by atoms with E-state index in [1.807, 2.05) is 36.4 Å². The maximum absolute atomic E-state index is 12.6. The minimum absolute atomic E-state index is 0.00397. The van der Waals surface area contributed by atoms with Crippen LogP contribution in [-0.4, -0.2) is 31.4 Å². The van der Waals surface area contributed by atoms with Gasteiger partial charge in [0.15, 0.2) is 5.78 Å². The summed E-state index contributed by atoms with van der Waals surface area (Å²) < 4.78 is 4.66. The largest absolute Gasteiger partial charge is 0.469 e. The molecule has 1 unspecified atom stereocenters. The Hall–Kier alpha value is -2.46. The summed E-state index contributed by atoms with van der Waals surface area (Å²) in [6, 6.07) is 12.7. The van der Waals surface area contributed by atoms with Crippen LogP contribution in [0.25, 0.3) is 10.8 Å². The van der Waals surface area contributed by atoms with E-state index < -0.39 is 12.0 Å². The standard InChI is InChI=1S/C18H19NO3/c1-3-10-19-16(12-17(20)22-2)18(21)15-9-8-13-6-4-5-7-14(13)11-15/h3-9,11,16,19H,1,10,12H2,2H3. The van der Waals surface area contributed by atoms with E-state index in [-0.39, 0.29) is 12.2 Å². The van der Waals surface area contributed by atoms with E-state index in [0.29, 0.717) is 12.1 Å². The summed E-state index contributed by atoms with van der Waals surface area (Å²) >= 11 is 0. The molecule has 1 N–H and O–H groups in total. The van der Waals surface area contributed by atoms with Crippen molar-refractivity contribution >= 4 is 22.5 Å². The molecule has 1 atom stereocenters. The Morgan fingerprint density at radius 2 is 1.95 bits per heavy atom. The molecule has 0 saturated carbocycles. The molecule has 0 saturated heterocycles. The lowest BCUT2D eigenvalue weighted by molar-refractivity contribution is -0.140. The Morgan fingerprint density at radius 3 is 2.64 bits per heavy atom. The second kappa shape index (κ2) is 7.52. The zero-order valence-electron chi connectivity index (χ0n) is 12.5. The number of carbonyl (C=O) groups is 2. The molecule has 22 heavy (non-hydrogen) atoms. The molecule has 2 aromatic rings. The highest BCUT2D eigenvalue weighted by Gasteiger charge is 2.22. The van der Waals surface area contributed by atoms with Crippen LogP contribution in [0.1, 0.15) is 16.8 Å². The van der Waals surface area contributed by atoms with Gasteiger partial charge in [-0.15, -0.1) is 6.58 Å². The molecule has 2 aromatic carbocycles. The van der Waals surface area contributed by atoms with Gasteiger partial charge in [0.1, 0.15) is 0 Å². The summed E-state index contributed by atoms with van der Waals surface area (Å²) in [7, 11) is 1.31. The molecule has 0 aliphatic rings. The van der Waals surface area contributed by atoms with Crippen molar-refractivity contribution < 1.29 is 14.3 Å². The third-order valence-corrected chi connectivity index (χ3v) is 3.46. The number of ketones is 1. The van der Waals surface area contributed by atoms with E-state index >= 15 is 0 Å². The van der Waals surface area contributed by atoms with Crippen molar-refractivity contribution in [3.8, 4) is 0 Å². The van der Waals surface area contributed by atoms with E-state index in [4.69, 9.17) is 0 Å². The molecule has 0 radical (unpaired) electrons. The van der Waals surface area contributed by atoms with Gasteiger partial charge in [-0.1, -0.05) is 42.5 Å². The van der Waals surface area contributed by atoms with Gasteiger partial charge in [-0.25, -0.2) is 0 Å². The average Bonchev–Trinajstić information content (AvgIpc) is 2.57. The van der Waals surface area contributed by atoms with Crippen LogP contribution in [-0.2, 0) is 9.53 Å². The first kappa shape index (κ1) is 15.9. The van der Waals surface area contributed by atoms with E-state index in [1.54, 1.807) is 12.1 Å². The lowest BCUT2D eigenvalue weighted by Crippen LogP contribution is -2.39. The maximum Gasteiger partial charge on any atom is 0.307 e. The molecular weight excluding hydrogens is 278 g/mol. The summed E-state index contributed by atoms with van der Waals surface area (Å²) in [5, 5.41) is 5.08. The highest BCUT2D eigenvalue weighted by Crippen LogP contribution is 2.17. The van der Waals surface area contributed by atoms with Crippen LogP contribution in [0.2, 0.25) is 0 Å². The van der Waals surface area contributed by atoms with Crippen molar-refractivity contribution in [2.75, 3.05) is 13.7 Å². The third-order valence-electron chi connectivity index (χ3n) is 3.46. The summed E-state index contributed by atoms with van der Waals surface area (Å²) in [6.45, 7) is 4.06. The Morgan fingerprint density at radius 1 is 1.23 bits per heavy atom. The number of fused-ring (bicyclic) bond motifs is 1. The van der Waals surface area contributed by atoms with Gasteiger partial charge in [-0.05, 0) is 16.8 Å². The van der Waals surface area contributed by atoms with E-state index in [1.165, 1.54) is 7.11 Å². The van der Waals surface area contributed by atoms with Crippen molar-refractivity contribution in [3.05, 3.63) is 60.7 Å². The summed E-state index contributed by atoms with van der Waals surface area (Å²) in [5.41, 5.74) is 0.573. The molecule has 0 aromatic heterocycles. The quantitative estimate of drug-likeness (QED) is 0.485. The van der Waals surface area contributed by atoms with Gasteiger partial charge < -0.3 is 10.1 Å². The Labute approximate surface area is 129 Å². The van der Waals surface area contributed by atoms with Crippen LogP contribution in [0.3, 0.4) is 0 Å². The zero-order valence-corrected chi connectivity index (χ0v) is 12.5. The highest BCUT2D eigenvalue weighted by molar-refractivity contribution is 6.04. The van der Waals surface area contributed by atoms with Gasteiger partial charge in [0.25, 0.3) is 0 Å². The topological polar surface area (TPSA) is 55.4 Å². The highest BCUT2D eigenvalue weighted by atomic mass is 16.5. The first-order chi connectivity index (χ1) is 10.7. The lowest BCUT2D eigenvalue weighted by Gasteiger charge is -2.16. The summed E-state index contributed by atoms with van der Waals surface area (Å²) in [5.74, 6) is -0.547. The first-order valence-electron chi connectivity index (χ1n) is 7.10. The van der Waals surface area contributed by atoms with Crippen LogP contribution in [0.4, 0.5) is 0 Å². The molecule has 0 amide bonds. The van der Waals surface area contributed by atoms with Crippen LogP contribution < -0.4 is 5.32 Å². The van der Waals surface area contributed by atoms with E-state index in [2.05, 4.69) is 16.6 Å². The number of carbonyl (C=O) groups excluding carboxylic acids is 2. The van der Waals surface area contributed by atoms with Gasteiger partial charge in [-0.3, -0.25) is 9.59 Å². The number of Topliss-reactive ketones (excluding diaryl/α,β-unsaturated/α-hetero) is 1. The molecule has 0 fully saturated rings. The molecule has 4 nitrogen and oxygen atoms in total. The van der Waals surface area contributed by atoms with Gasteiger partial charge in [0, 0.05) is 12.1 Å². The van der Waals surface area contributed by atoms with E-state index in [9.17, 15) is 9.59 Å². The minimum Gasteiger partial charge on any atom is -0.469 e. The van der Waals surface area contributed by atoms with Gasteiger partial charge >= 0.3 is 5.97 Å². The second-order valence-electron chi connectivity index (χ2n) is 4.96. The van der Waals surface area contributed by atoms with Crippen molar-refractivity contribution in [1.29, 1.82) is 0 Å². The maximum atomic E-state index is 12.6. The van der Waals surface area contributed by atoms with Gasteiger partial charge in [-0.2, -0.15) is 0 Å². The minimum atomic E-state index is -0.619. The Bertz CT molecular complexity index is 694. The van der Waals surface area contributed by atoms with Crippen LogP contribution in [0.5, 0.6) is 0 Å². The molecule has 0 aliphatic heterocycles. The average molecular weight is 297 g/mol. The number of esters is 1. The molecule has 0 aliphatic carbocycles. The summed E-state index contributed by atoms with van der Waals surface area (Å²) in [4.78, 5) is 24.1. The fourth-order valence-corrected chi connectivity index (χ4v) is 2.28. The monoisotopic (exact) mass is 297 g/mol. The number of rotatable bonds is 7. The molecule has 0 spiro atoms. The van der Waals surface area contributed by atoms with Crippen LogP contribution >= 0.6 is 0 Å². The number of benzene rings is 2. The van der Waals surface area contributed by atoms with Crippen LogP contribution in [0, 0.1) is 0 Å². The third kappa shape index (κ3) is 3.80. The molecule has 114 valence electrons. The lowest BCUT2D eigenvalue weighted by atomic mass is 9.98.